The molecule has 1 aromatic heterocycles. The van der Waals surface area contributed by atoms with Crippen LogP contribution < -0.4 is 0 Å². The first-order valence-corrected chi connectivity index (χ1v) is 9.76. The zero-order valence-electron chi connectivity index (χ0n) is 16.3. The zero-order valence-corrected chi connectivity index (χ0v) is 16.3. The van der Waals surface area contributed by atoms with E-state index >= 15 is 0 Å². The number of ether oxygens (including phenoxy) is 1. The van der Waals surface area contributed by atoms with Gasteiger partial charge in [-0.15, -0.1) is 0 Å². The number of amides is 1. The number of carbonyl (C=O) groups excluding carboxylic acids is 2. The van der Waals surface area contributed by atoms with E-state index in [4.69, 9.17) is 9.15 Å². The van der Waals surface area contributed by atoms with Crippen molar-refractivity contribution < 1.29 is 23.8 Å². The minimum atomic E-state index is -0.745. The monoisotopic (exact) mass is 396 g/mol. The van der Waals surface area contributed by atoms with Crippen LogP contribution in [-0.2, 0) is 14.3 Å². The summed E-state index contributed by atoms with van der Waals surface area (Å²) >= 11 is 0. The molecular formula is C22H24N2O5. The van der Waals surface area contributed by atoms with Crippen LogP contribution in [0.1, 0.15) is 23.1 Å². The Bertz CT molecular complexity index is 928. The molecule has 0 aliphatic carbocycles. The number of likely N-dealkylation sites (tertiary alicyclic amines) is 1. The minimum Gasteiger partial charge on any atom is -0.507 e. The summed E-state index contributed by atoms with van der Waals surface area (Å²) in [5.74, 6) is -0.335. The van der Waals surface area contributed by atoms with Gasteiger partial charge in [0.15, 0.2) is 0 Å². The molecule has 0 radical (unpaired) electrons. The average Bonchev–Trinajstić information content (AvgIpc) is 3.28. The highest BCUT2D eigenvalue weighted by Crippen LogP contribution is 2.39. The normalized spacial score (nSPS) is 22.4. The molecule has 0 saturated carbocycles. The fourth-order valence-electron chi connectivity index (χ4n) is 3.83. The number of aliphatic hydroxyl groups is 1. The first kappa shape index (κ1) is 19.4. The third-order valence-corrected chi connectivity index (χ3v) is 5.38. The van der Waals surface area contributed by atoms with E-state index in [1.807, 2.05) is 6.07 Å². The standard InChI is InChI=1S/C22H24N2O5/c1-15-7-8-17(29-15)19-18(20(25)16-5-3-2-4-6-16)21(26)22(27)24(19)10-9-23-11-13-28-14-12-23/h2-8,19,25H,9-14H2,1H3/b20-18+/t19-/m0/s1. The molecule has 1 amide bonds. The lowest BCUT2D eigenvalue weighted by Gasteiger charge is -2.30. The predicted octanol–water partition coefficient (Wildman–Crippen LogP) is 2.34. The molecule has 2 fully saturated rings. The largest absolute Gasteiger partial charge is 0.507 e. The van der Waals surface area contributed by atoms with Gasteiger partial charge in [0.2, 0.25) is 0 Å². The summed E-state index contributed by atoms with van der Waals surface area (Å²) in [5, 5.41) is 10.9. The number of morpholine rings is 1. The van der Waals surface area contributed by atoms with Crippen molar-refractivity contribution in [3.05, 3.63) is 65.1 Å². The number of aryl methyl sites for hydroxylation is 1. The molecule has 4 rings (SSSR count). The summed E-state index contributed by atoms with van der Waals surface area (Å²) in [6, 6.07) is 11.6. The number of hydrogen-bond acceptors (Lipinski definition) is 6. The molecule has 2 aliphatic heterocycles. The fraction of sp³-hybridized carbons (Fsp3) is 0.364. The van der Waals surface area contributed by atoms with Gasteiger partial charge in [-0.05, 0) is 19.1 Å². The van der Waals surface area contributed by atoms with E-state index in [0.29, 0.717) is 43.4 Å². The summed E-state index contributed by atoms with van der Waals surface area (Å²) in [6.07, 6.45) is 0. The van der Waals surface area contributed by atoms with Gasteiger partial charge in [-0.3, -0.25) is 14.5 Å². The van der Waals surface area contributed by atoms with Crippen LogP contribution in [0.2, 0.25) is 0 Å². The van der Waals surface area contributed by atoms with Gasteiger partial charge in [0.1, 0.15) is 23.3 Å². The molecule has 0 bridgehead atoms. The number of benzene rings is 1. The van der Waals surface area contributed by atoms with Crippen LogP contribution in [0.4, 0.5) is 0 Å². The molecule has 2 aromatic rings. The molecule has 1 N–H and O–H groups in total. The maximum atomic E-state index is 12.9. The summed E-state index contributed by atoms with van der Waals surface area (Å²) in [5.41, 5.74) is 0.560. The van der Waals surface area contributed by atoms with Crippen molar-refractivity contribution in [1.29, 1.82) is 0 Å². The highest BCUT2D eigenvalue weighted by atomic mass is 16.5. The van der Waals surface area contributed by atoms with Gasteiger partial charge < -0.3 is 19.2 Å². The number of carbonyl (C=O) groups is 2. The first-order chi connectivity index (χ1) is 14.1. The lowest BCUT2D eigenvalue weighted by molar-refractivity contribution is -0.140. The van der Waals surface area contributed by atoms with Crippen molar-refractivity contribution in [2.45, 2.75) is 13.0 Å². The zero-order chi connectivity index (χ0) is 20.4. The number of aliphatic hydroxyl groups excluding tert-OH is 1. The quantitative estimate of drug-likeness (QED) is 0.475. The average molecular weight is 396 g/mol. The first-order valence-electron chi connectivity index (χ1n) is 9.76. The summed E-state index contributed by atoms with van der Waals surface area (Å²) in [6.45, 7) is 5.69. The van der Waals surface area contributed by atoms with E-state index in [1.54, 1.807) is 43.3 Å². The van der Waals surface area contributed by atoms with E-state index in [2.05, 4.69) is 4.90 Å². The Morgan fingerprint density at radius 2 is 1.79 bits per heavy atom. The lowest BCUT2D eigenvalue weighted by atomic mass is 9.99. The third kappa shape index (κ3) is 3.83. The maximum Gasteiger partial charge on any atom is 0.295 e. The lowest BCUT2D eigenvalue weighted by Crippen LogP contribution is -2.42. The van der Waals surface area contributed by atoms with E-state index in [-0.39, 0.29) is 11.3 Å². The van der Waals surface area contributed by atoms with Crippen LogP contribution >= 0.6 is 0 Å². The van der Waals surface area contributed by atoms with Crippen LogP contribution in [-0.4, -0.2) is 66.0 Å². The molecule has 1 aromatic carbocycles. The van der Waals surface area contributed by atoms with Gasteiger partial charge in [-0.1, -0.05) is 30.3 Å². The van der Waals surface area contributed by atoms with Crippen molar-refractivity contribution >= 4 is 17.4 Å². The SMILES string of the molecule is Cc1ccc([C@H]2/C(=C(\O)c3ccccc3)C(=O)C(=O)N2CCN2CCOCC2)o1. The molecule has 7 heteroatoms. The van der Waals surface area contributed by atoms with Crippen LogP contribution in [0, 0.1) is 6.92 Å². The predicted molar refractivity (Wildman–Crippen MR) is 106 cm³/mol. The van der Waals surface area contributed by atoms with Crippen molar-refractivity contribution in [3.8, 4) is 0 Å². The highest BCUT2D eigenvalue weighted by Gasteiger charge is 2.47. The van der Waals surface area contributed by atoms with E-state index in [9.17, 15) is 14.7 Å². The molecule has 7 nitrogen and oxygen atoms in total. The number of nitrogens with zero attached hydrogens (tertiary/aromatic N) is 2. The second-order valence-electron chi connectivity index (χ2n) is 7.26. The van der Waals surface area contributed by atoms with Crippen molar-refractivity contribution in [2.75, 3.05) is 39.4 Å². The Morgan fingerprint density at radius 3 is 2.45 bits per heavy atom. The number of furan rings is 1. The van der Waals surface area contributed by atoms with E-state index in [1.165, 1.54) is 4.90 Å². The van der Waals surface area contributed by atoms with Crippen LogP contribution in [0.5, 0.6) is 0 Å². The maximum absolute atomic E-state index is 12.9. The molecule has 152 valence electrons. The number of ketones is 1. The Morgan fingerprint density at radius 1 is 1.07 bits per heavy atom. The molecule has 0 unspecified atom stereocenters. The summed E-state index contributed by atoms with van der Waals surface area (Å²) < 4.78 is 11.1. The van der Waals surface area contributed by atoms with Crippen LogP contribution in [0.25, 0.3) is 5.76 Å². The fourth-order valence-corrected chi connectivity index (χ4v) is 3.83. The third-order valence-electron chi connectivity index (χ3n) is 5.38. The Labute approximate surface area is 169 Å². The van der Waals surface area contributed by atoms with E-state index in [0.717, 1.165) is 13.1 Å². The Hall–Kier alpha value is -2.90. The van der Waals surface area contributed by atoms with Gasteiger partial charge >= 0.3 is 0 Å². The minimum absolute atomic E-state index is 0.0672. The number of Topliss-reactive ketones (excluding diaryl/α,β-unsaturated/α-hetero) is 1. The van der Waals surface area contributed by atoms with Gasteiger partial charge in [-0.25, -0.2) is 0 Å². The Kier molecular flexibility index (Phi) is 5.51. The van der Waals surface area contributed by atoms with Crippen LogP contribution in [0.15, 0.2) is 52.5 Å². The molecule has 0 spiro atoms. The second kappa shape index (κ2) is 8.23. The Balaban J connectivity index is 1.70. The van der Waals surface area contributed by atoms with Crippen molar-refractivity contribution in [3.63, 3.8) is 0 Å². The van der Waals surface area contributed by atoms with Crippen molar-refractivity contribution in [2.24, 2.45) is 0 Å². The van der Waals surface area contributed by atoms with E-state index < -0.39 is 17.7 Å². The molecule has 2 saturated heterocycles. The number of hydrogen-bond donors (Lipinski definition) is 1. The molecule has 3 heterocycles. The molecular weight excluding hydrogens is 372 g/mol. The van der Waals surface area contributed by atoms with Gasteiger partial charge in [0.05, 0.1) is 18.8 Å². The van der Waals surface area contributed by atoms with Gasteiger partial charge in [-0.2, -0.15) is 0 Å². The van der Waals surface area contributed by atoms with Gasteiger partial charge in [0.25, 0.3) is 11.7 Å². The molecule has 29 heavy (non-hydrogen) atoms. The van der Waals surface area contributed by atoms with Crippen molar-refractivity contribution in [1.82, 2.24) is 9.80 Å². The number of rotatable bonds is 5. The van der Waals surface area contributed by atoms with Gasteiger partial charge in [0, 0.05) is 31.7 Å². The van der Waals surface area contributed by atoms with Crippen LogP contribution in [0.3, 0.4) is 0 Å². The summed E-state index contributed by atoms with van der Waals surface area (Å²) in [7, 11) is 0. The summed E-state index contributed by atoms with van der Waals surface area (Å²) in [4.78, 5) is 29.5. The highest BCUT2D eigenvalue weighted by molar-refractivity contribution is 6.46. The topological polar surface area (TPSA) is 83.2 Å². The smallest absolute Gasteiger partial charge is 0.295 e. The molecule has 2 aliphatic rings. The molecule has 1 atom stereocenters. The second-order valence-corrected chi connectivity index (χ2v) is 7.26.